The van der Waals surface area contributed by atoms with Crippen LogP contribution in [0.15, 0.2) is 122 Å². The monoisotopic (exact) mass is 983 g/mol. The van der Waals surface area contributed by atoms with Crippen LogP contribution in [-0.2, 0) is 28.6 Å². The van der Waals surface area contributed by atoms with Gasteiger partial charge in [-0.05, 0) is 109 Å². The van der Waals surface area contributed by atoms with E-state index >= 15 is 0 Å². The lowest BCUT2D eigenvalue weighted by Crippen LogP contribution is -2.30. The summed E-state index contributed by atoms with van der Waals surface area (Å²) in [5.41, 5.74) is 0. The standard InChI is InChI=1S/C65H106O6/c1-4-7-10-13-16-19-22-25-28-30-32-34-37-40-43-46-49-52-55-58-64(67)70-61-62(60-69-63(66)57-54-51-48-45-42-39-36-27-24-21-18-15-12-9-6-3)71-65(68)59-56-53-50-47-44-41-38-35-33-31-29-26-23-20-17-14-11-8-5-2/h7,9-10,12,15-21,23-26,28,32,34,40,43,62H,4-6,8,11,13-14,22,27,29-31,33,35-39,41-42,44-61H2,1-3H3/b10-7-,12-9-,18-15-,19-16-,20-17-,24-21-,26-23-,28-25-,34-32-,43-40-. The number of carbonyl (C=O) groups excluding carboxylic acids is 3. The molecule has 0 radical (unpaired) electrons. The Morgan fingerprint density at radius 1 is 0.310 bits per heavy atom. The van der Waals surface area contributed by atoms with Gasteiger partial charge in [-0.1, -0.05) is 245 Å². The number of ether oxygens (including phenoxy) is 3. The van der Waals surface area contributed by atoms with E-state index < -0.39 is 6.10 Å². The predicted octanol–water partition coefficient (Wildman–Crippen LogP) is 19.6. The summed E-state index contributed by atoms with van der Waals surface area (Å²) in [6, 6.07) is 0. The van der Waals surface area contributed by atoms with Gasteiger partial charge in [0.2, 0.25) is 0 Å². The van der Waals surface area contributed by atoms with Crippen molar-refractivity contribution in [1.82, 2.24) is 0 Å². The Hall–Kier alpha value is -4.19. The van der Waals surface area contributed by atoms with Gasteiger partial charge in [0, 0.05) is 19.3 Å². The maximum Gasteiger partial charge on any atom is 0.306 e. The molecular formula is C65H106O6. The number of unbranched alkanes of at least 4 members (excludes halogenated alkanes) is 23. The third kappa shape index (κ3) is 56.6. The van der Waals surface area contributed by atoms with Crippen LogP contribution in [0, 0.1) is 0 Å². The van der Waals surface area contributed by atoms with Gasteiger partial charge in [0.25, 0.3) is 0 Å². The van der Waals surface area contributed by atoms with E-state index in [9.17, 15) is 14.4 Å². The highest BCUT2D eigenvalue weighted by molar-refractivity contribution is 5.71. The molecular weight excluding hydrogens is 877 g/mol. The van der Waals surface area contributed by atoms with E-state index in [-0.39, 0.29) is 31.1 Å². The van der Waals surface area contributed by atoms with Crippen LogP contribution in [0.4, 0.5) is 0 Å². The zero-order valence-corrected chi connectivity index (χ0v) is 45.9. The van der Waals surface area contributed by atoms with Crippen molar-refractivity contribution in [3.05, 3.63) is 122 Å². The SMILES string of the molecule is CC\C=C/C=C\C=C/CCCCCCCCCC(=O)OCC(COC(=O)CCCCC/C=C\C/C=C\C/C=C\C/C=C\C/C=C\CC)OC(=O)CCCCCCCCCCCC/C=C\C=C/CCCCC. The molecule has 0 aliphatic heterocycles. The summed E-state index contributed by atoms with van der Waals surface area (Å²) in [6.45, 7) is 6.33. The zero-order chi connectivity index (χ0) is 51.4. The molecule has 0 aromatic heterocycles. The van der Waals surface area contributed by atoms with Gasteiger partial charge in [0.1, 0.15) is 13.2 Å². The van der Waals surface area contributed by atoms with Crippen LogP contribution in [-0.4, -0.2) is 37.2 Å². The van der Waals surface area contributed by atoms with E-state index in [1.807, 2.05) is 0 Å². The van der Waals surface area contributed by atoms with Crippen LogP contribution < -0.4 is 0 Å². The van der Waals surface area contributed by atoms with Crippen molar-refractivity contribution in [3.63, 3.8) is 0 Å². The minimum Gasteiger partial charge on any atom is -0.462 e. The first-order valence-electron chi connectivity index (χ1n) is 29.1. The van der Waals surface area contributed by atoms with Gasteiger partial charge in [-0.25, -0.2) is 0 Å². The second-order valence-corrected chi connectivity index (χ2v) is 18.9. The highest BCUT2D eigenvalue weighted by Crippen LogP contribution is 2.15. The summed E-state index contributed by atoms with van der Waals surface area (Å²) in [4.78, 5) is 38.2. The highest BCUT2D eigenvalue weighted by Gasteiger charge is 2.19. The number of hydrogen-bond donors (Lipinski definition) is 0. The van der Waals surface area contributed by atoms with Crippen LogP contribution in [0.25, 0.3) is 0 Å². The molecule has 0 aromatic rings. The second-order valence-electron chi connectivity index (χ2n) is 18.9. The Bertz CT molecular complexity index is 1500. The largest absolute Gasteiger partial charge is 0.462 e. The Kier molecular flexibility index (Phi) is 54.9. The lowest BCUT2D eigenvalue weighted by Gasteiger charge is -2.18. The van der Waals surface area contributed by atoms with Crippen LogP contribution in [0.2, 0.25) is 0 Å². The molecule has 1 atom stereocenters. The molecule has 0 heterocycles. The molecule has 0 saturated heterocycles. The molecule has 71 heavy (non-hydrogen) atoms. The predicted molar refractivity (Wildman–Crippen MR) is 306 cm³/mol. The Labute approximate surface area is 437 Å². The molecule has 0 spiro atoms. The molecule has 0 rings (SSSR count). The number of esters is 3. The van der Waals surface area contributed by atoms with Gasteiger partial charge in [0.15, 0.2) is 6.10 Å². The molecule has 0 aromatic carbocycles. The zero-order valence-electron chi connectivity index (χ0n) is 45.9. The molecule has 6 nitrogen and oxygen atoms in total. The molecule has 402 valence electrons. The van der Waals surface area contributed by atoms with Crippen molar-refractivity contribution in [2.45, 2.75) is 258 Å². The first-order chi connectivity index (χ1) is 35.0. The van der Waals surface area contributed by atoms with Crippen molar-refractivity contribution in [3.8, 4) is 0 Å². The number of carbonyl (C=O) groups is 3. The molecule has 0 aliphatic rings. The van der Waals surface area contributed by atoms with Crippen LogP contribution in [0.5, 0.6) is 0 Å². The molecule has 0 saturated carbocycles. The molecule has 0 bridgehead atoms. The van der Waals surface area contributed by atoms with Crippen molar-refractivity contribution < 1.29 is 28.6 Å². The van der Waals surface area contributed by atoms with Crippen molar-refractivity contribution in [1.29, 1.82) is 0 Å². The van der Waals surface area contributed by atoms with Gasteiger partial charge in [0.05, 0.1) is 0 Å². The first-order valence-corrected chi connectivity index (χ1v) is 29.1. The smallest absolute Gasteiger partial charge is 0.306 e. The lowest BCUT2D eigenvalue weighted by atomic mass is 10.1. The summed E-state index contributed by atoms with van der Waals surface area (Å²) in [6.07, 6.45) is 80.4. The summed E-state index contributed by atoms with van der Waals surface area (Å²) in [5, 5.41) is 0. The average molecular weight is 984 g/mol. The van der Waals surface area contributed by atoms with Gasteiger partial charge in [-0.3, -0.25) is 14.4 Å². The minimum atomic E-state index is -0.803. The van der Waals surface area contributed by atoms with E-state index in [1.54, 1.807) is 0 Å². The van der Waals surface area contributed by atoms with E-state index in [0.717, 1.165) is 109 Å². The lowest BCUT2D eigenvalue weighted by molar-refractivity contribution is -0.167. The van der Waals surface area contributed by atoms with Crippen LogP contribution in [0.1, 0.15) is 252 Å². The van der Waals surface area contributed by atoms with E-state index in [0.29, 0.717) is 19.3 Å². The molecule has 6 heteroatoms. The van der Waals surface area contributed by atoms with Gasteiger partial charge in [-0.2, -0.15) is 0 Å². The Morgan fingerprint density at radius 3 is 1.04 bits per heavy atom. The maximum absolute atomic E-state index is 12.9. The molecule has 1 unspecified atom stereocenters. The Balaban J connectivity index is 4.48. The molecule has 0 fully saturated rings. The van der Waals surface area contributed by atoms with Crippen LogP contribution >= 0.6 is 0 Å². The van der Waals surface area contributed by atoms with E-state index in [2.05, 4.69) is 142 Å². The summed E-state index contributed by atoms with van der Waals surface area (Å²) in [7, 11) is 0. The second kappa shape index (κ2) is 58.4. The highest BCUT2D eigenvalue weighted by atomic mass is 16.6. The van der Waals surface area contributed by atoms with E-state index in [4.69, 9.17) is 14.2 Å². The molecule has 0 amide bonds. The molecule has 0 aliphatic carbocycles. The fourth-order valence-corrected chi connectivity index (χ4v) is 7.69. The third-order valence-corrected chi connectivity index (χ3v) is 12.0. The topological polar surface area (TPSA) is 78.9 Å². The molecule has 0 N–H and O–H groups in total. The van der Waals surface area contributed by atoms with Crippen molar-refractivity contribution in [2.24, 2.45) is 0 Å². The fraction of sp³-hybridized carbons (Fsp3) is 0.646. The average Bonchev–Trinajstić information content (AvgIpc) is 3.37. The van der Waals surface area contributed by atoms with Gasteiger partial charge >= 0.3 is 17.9 Å². The fourth-order valence-electron chi connectivity index (χ4n) is 7.69. The van der Waals surface area contributed by atoms with Crippen molar-refractivity contribution >= 4 is 17.9 Å². The third-order valence-electron chi connectivity index (χ3n) is 12.0. The van der Waals surface area contributed by atoms with Gasteiger partial charge in [-0.15, -0.1) is 0 Å². The normalized spacial score (nSPS) is 13.0. The number of allylic oxidation sites excluding steroid dienone is 20. The van der Waals surface area contributed by atoms with Crippen LogP contribution in [0.3, 0.4) is 0 Å². The quantitative estimate of drug-likeness (QED) is 0.0199. The first kappa shape index (κ1) is 66.8. The van der Waals surface area contributed by atoms with E-state index in [1.165, 1.54) is 103 Å². The van der Waals surface area contributed by atoms with Crippen molar-refractivity contribution in [2.75, 3.05) is 13.2 Å². The number of hydrogen-bond acceptors (Lipinski definition) is 6. The Morgan fingerprint density at radius 2 is 0.620 bits per heavy atom. The maximum atomic E-state index is 12.9. The minimum absolute atomic E-state index is 0.0992. The van der Waals surface area contributed by atoms with Gasteiger partial charge < -0.3 is 14.2 Å². The summed E-state index contributed by atoms with van der Waals surface area (Å²) < 4.78 is 16.8. The number of rotatable bonds is 51. The summed E-state index contributed by atoms with van der Waals surface area (Å²) >= 11 is 0. The summed E-state index contributed by atoms with van der Waals surface area (Å²) in [5.74, 6) is -0.947.